The molecule has 102 valence electrons. The normalized spacial score (nSPS) is 9.75. The zero-order valence-electron chi connectivity index (χ0n) is 11.3. The summed E-state index contributed by atoms with van der Waals surface area (Å²) in [7, 11) is 1.97. The van der Waals surface area contributed by atoms with E-state index in [1.165, 1.54) is 12.1 Å². The fraction of sp³-hybridized carbons (Fsp3) is 0.176. The van der Waals surface area contributed by atoms with Crippen LogP contribution in [-0.2, 0) is 6.54 Å². The number of hydrogen-bond acceptors (Lipinski definition) is 2. The third-order valence-electron chi connectivity index (χ3n) is 2.98. The monoisotopic (exact) mass is 269 g/mol. The second-order valence-electron chi connectivity index (χ2n) is 4.45. The third kappa shape index (κ3) is 3.59. The fourth-order valence-corrected chi connectivity index (χ4v) is 1.97. The smallest absolute Gasteiger partial charge is 0.124 e. The lowest BCUT2D eigenvalue weighted by molar-refractivity contribution is 0.350. The number of benzene rings is 2. The van der Waals surface area contributed by atoms with Crippen LogP contribution in [0.2, 0.25) is 0 Å². The van der Waals surface area contributed by atoms with E-state index in [-0.39, 0.29) is 12.4 Å². The summed E-state index contributed by atoms with van der Waals surface area (Å²) in [5, 5.41) is 8.77. The molecule has 0 aliphatic rings. The number of halogens is 1. The lowest BCUT2D eigenvalue weighted by Crippen LogP contribution is -2.17. The van der Waals surface area contributed by atoms with E-state index < -0.39 is 0 Å². The van der Waals surface area contributed by atoms with Crippen LogP contribution in [0.4, 0.5) is 10.1 Å². The molecule has 0 amide bonds. The molecular weight excluding hydrogens is 253 g/mol. The van der Waals surface area contributed by atoms with Gasteiger partial charge in [0, 0.05) is 24.8 Å². The largest absolute Gasteiger partial charge is 0.384 e. The average Bonchev–Trinajstić information content (AvgIpc) is 2.48. The highest BCUT2D eigenvalue weighted by Crippen LogP contribution is 2.17. The second-order valence-corrected chi connectivity index (χ2v) is 4.45. The topological polar surface area (TPSA) is 23.5 Å². The Hall–Kier alpha value is -2.31. The Bertz CT molecular complexity index is 628. The molecule has 0 spiro atoms. The number of rotatable bonds is 3. The highest BCUT2D eigenvalue weighted by atomic mass is 19.1. The van der Waals surface area contributed by atoms with Crippen LogP contribution in [0.3, 0.4) is 0 Å². The van der Waals surface area contributed by atoms with E-state index in [1.54, 1.807) is 6.07 Å². The molecule has 2 nitrogen and oxygen atoms in total. The Morgan fingerprint density at radius 2 is 1.90 bits per heavy atom. The molecule has 0 atom stereocenters. The molecular formula is C17H16FNO. The van der Waals surface area contributed by atoms with Crippen molar-refractivity contribution in [3.8, 4) is 11.8 Å². The number of anilines is 1. The van der Waals surface area contributed by atoms with E-state index >= 15 is 0 Å². The molecule has 3 heteroatoms. The molecule has 2 rings (SSSR count). The van der Waals surface area contributed by atoms with E-state index in [4.69, 9.17) is 5.11 Å². The molecule has 2 aromatic rings. The Labute approximate surface area is 118 Å². The van der Waals surface area contributed by atoms with Crippen molar-refractivity contribution in [3.05, 3.63) is 65.5 Å². The summed E-state index contributed by atoms with van der Waals surface area (Å²) in [5.41, 5.74) is 2.62. The lowest BCUT2D eigenvalue weighted by atomic mass is 10.1. The van der Waals surface area contributed by atoms with Gasteiger partial charge in [-0.05, 0) is 29.8 Å². The van der Waals surface area contributed by atoms with Crippen molar-refractivity contribution in [2.24, 2.45) is 0 Å². The van der Waals surface area contributed by atoms with Gasteiger partial charge in [0.2, 0.25) is 0 Å². The first kappa shape index (κ1) is 14.1. The van der Waals surface area contributed by atoms with E-state index in [0.29, 0.717) is 12.1 Å². The Morgan fingerprint density at radius 1 is 1.15 bits per heavy atom. The molecule has 0 aliphatic carbocycles. The number of aliphatic hydroxyl groups excluding tert-OH is 1. The van der Waals surface area contributed by atoms with E-state index in [1.807, 2.05) is 37.4 Å². The summed E-state index contributed by atoms with van der Waals surface area (Å²) in [6.45, 7) is 0.393. The molecule has 0 saturated carbocycles. The highest BCUT2D eigenvalue weighted by Gasteiger charge is 2.06. The quantitative estimate of drug-likeness (QED) is 0.866. The van der Waals surface area contributed by atoms with Crippen molar-refractivity contribution in [1.29, 1.82) is 0 Å². The molecule has 0 saturated heterocycles. The van der Waals surface area contributed by atoms with Crippen LogP contribution in [0.1, 0.15) is 11.1 Å². The van der Waals surface area contributed by atoms with Gasteiger partial charge in [0.25, 0.3) is 0 Å². The van der Waals surface area contributed by atoms with E-state index in [2.05, 4.69) is 16.7 Å². The van der Waals surface area contributed by atoms with Gasteiger partial charge in [0.05, 0.1) is 0 Å². The molecule has 0 heterocycles. The summed E-state index contributed by atoms with van der Waals surface area (Å²) >= 11 is 0. The van der Waals surface area contributed by atoms with Gasteiger partial charge in [-0.15, -0.1) is 0 Å². The summed E-state index contributed by atoms with van der Waals surface area (Å²) in [5.74, 6) is 5.04. The standard InChI is InChI=1S/C17H16FNO/c1-19(17-7-3-2-4-8-17)13-15-9-10-16(18)12-14(15)6-5-11-20/h2-4,7-10,12,20H,11,13H2,1H3. The van der Waals surface area contributed by atoms with Crippen molar-refractivity contribution in [2.45, 2.75) is 6.54 Å². The molecule has 1 N–H and O–H groups in total. The molecule has 0 aliphatic heterocycles. The summed E-state index contributed by atoms with van der Waals surface area (Å²) in [6.07, 6.45) is 0. The Kier molecular flexibility index (Phi) is 4.75. The van der Waals surface area contributed by atoms with Crippen LogP contribution in [-0.4, -0.2) is 18.8 Å². The zero-order valence-corrected chi connectivity index (χ0v) is 11.3. The molecule has 2 aromatic carbocycles. The maximum atomic E-state index is 13.3. The van der Waals surface area contributed by atoms with Gasteiger partial charge in [-0.1, -0.05) is 36.1 Å². The van der Waals surface area contributed by atoms with Crippen LogP contribution in [0.5, 0.6) is 0 Å². The average molecular weight is 269 g/mol. The highest BCUT2D eigenvalue weighted by molar-refractivity contribution is 5.48. The van der Waals surface area contributed by atoms with Crippen molar-refractivity contribution < 1.29 is 9.50 Å². The zero-order chi connectivity index (χ0) is 14.4. The Balaban J connectivity index is 2.25. The fourth-order valence-electron chi connectivity index (χ4n) is 1.97. The molecule has 0 bridgehead atoms. The van der Waals surface area contributed by atoms with Crippen molar-refractivity contribution in [2.75, 3.05) is 18.6 Å². The van der Waals surface area contributed by atoms with Gasteiger partial charge in [-0.3, -0.25) is 0 Å². The van der Waals surface area contributed by atoms with Crippen molar-refractivity contribution in [3.63, 3.8) is 0 Å². The van der Waals surface area contributed by atoms with Crippen molar-refractivity contribution in [1.82, 2.24) is 0 Å². The predicted molar refractivity (Wildman–Crippen MR) is 78.9 cm³/mol. The molecule has 0 aromatic heterocycles. The summed E-state index contributed by atoms with van der Waals surface area (Å²) < 4.78 is 13.3. The number of nitrogens with zero attached hydrogens (tertiary/aromatic N) is 1. The van der Waals surface area contributed by atoms with Gasteiger partial charge >= 0.3 is 0 Å². The SMILES string of the molecule is CN(Cc1ccc(F)cc1C#CCO)c1ccccc1. The Morgan fingerprint density at radius 3 is 2.60 bits per heavy atom. The van der Waals surface area contributed by atoms with Gasteiger partial charge in [0.1, 0.15) is 12.4 Å². The van der Waals surface area contributed by atoms with E-state index in [0.717, 1.165) is 11.3 Å². The minimum Gasteiger partial charge on any atom is -0.384 e. The second kappa shape index (κ2) is 6.74. The van der Waals surface area contributed by atoms with Crippen molar-refractivity contribution >= 4 is 5.69 Å². The van der Waals surface area contributed by atoms with Crippen LogP contribution >= 0.6 is 0 Å². The molecule has 0 unspecified atom stereocenters. The number of hydrogen-bond donors (Lipinski definition) is 1. The first-order valence-electron chi connectivity index (χ1n) is 6.35. The first-order valence-corrected chi connectivity index (χ1v) is 6.35. The minimum atomic E-state index is -0.321. The van der Waals surface area contributed by atoms with Gasteiger partial charge in [-0.2, -0.15) is 0 Å². The van der Waals surface area contributed by atoms with Crippen LogP contribution < -0.4 is 4.90 Å². The lowest BCUT2D eigenvalue weighted by Gasteiger charge is -2.20. The van der Waals surface area contributed by atoms with Crippen LogP contribution in [0.15, 0.2) is 48.5 Å². The van der Waals surface area contributed by atoms with Gasteiger partial charge in [-0.25, -0.2) is 4.39 Å². The summed E-state index contributed by atoms with van der Waals surface area (Å²) in [4.78, 5) is 2.07. The van der Waals surface area contributed by atoms with Crippen LogP contribution in [0, 0.1) is 17.7 Å². The van der Waals surface area contributed by atoms with Gasteiger partial charge < -0.3 is 10.0 Å². The predicted octanol–water partition coefficient (Wildman–Crippen LogP) is 2.81. The van der Waals surface area contributed by atoms with Gasteiger partial charge in [0.15, 0.2) is 0 Å². The number of para-hydroxylation sites is 1. The molecule has 0 fully saturated rings. The molecule has 0 radical (unpaired) electrons. The first-order chi connectivity index (χ1) is 9.70. The minimum absolute atomic E-state index is 0.232. The summed E-state index contributed by atoms with van der Waals surface area (Å²) in [6, 6.07) is 14.5. The maximum Gasteiger partial charge on any atom is 0.124 e. The number of aliphatic hydroxyl groups is 1. The maximum absolute atomic E-state index is 13.3. The third-order valence-corrected chi connectivity index (χ3v) is 2.98. The van der Waals surface area contributed by atoms with Crippen LogP contribution in [0.25, 0.3) is 0 Å². The molecule has 20 heavy (non-hydrogen) atoms. The van der Waals surface area contributed by atoms with E-state index in [9.17, 15) is 4.39 Å².